The van der Waals surface area contributed by atoms with Crippen molar-refractivity contribution < 1.29 is 9.53 Å². The van der Waals surface area contributed by atoms with E-state index in [4.69, 9.17) is 4.74 Å². The minimum Gasteiger partial charge on any atom is -0.376 e. The van der Waals surface area contributed by atoms with E-state index >= 15 is 0 Å². The number of hydrogen-bond acceptors (Lipinski definition) is 4. The molecule has 0 spiro atoms. The highest BCUT2D eigenvalue weighted by molar-refractivity contribution is 5.98. The number of nitrogens with one attached hydrogen (secondary N) is 1. The minimum absolute atomic E-state index is 0.0446. The normalized spacial score (nSPS) is 25.2. The third-order valence-electron chi connectivity index (χ3n) is 4.50. The quantitative estimate of drug-likeness (QED) is 0.927. The zero-order chi connectivity index (χ0) is 15.4. The number of carbonyl (C=O) groups is 1. The zero-order valence-electron chi connectivity index (χ0n) is 13.3. The van der Waals surface area contributed by atoms with Crippen LogP contribution in [0.1, 0.15) is 43.0 Å². The number of rotatable bonds is 4. The molecule has 22 heavy (non-hydrogen) atoms. The molecule has 2 fully saturated rings. The molecule has 3 rings (SSSR count). The Balaban J connectivity index is 1.68. The number of ether oxygens (including phenoxy) is 1. The standard InChI is InChI=1S/C17H25N3O2/c1-13-5-3-9-20(12-13)16-15(7-2-8-18-16)17(21)19-11-14-6-4-10-22-14/h2,7-8,13-14H,3-6,9-12H2,1H3,(H,19,21)/t13-,14+/m0/s1. The number of carbonyl (C=O) groups excluding carboxylic acids is 1. The van der Waals surface area contributed by atoms with Crippen LogP contribution in [0.5, 0.6) is 0 Å². The monoisotopic (exact) mass is 303 g/mol. The number of amides is 1. The second-order valence-electron chi connectivity index (χ2n) is 6.41. The first-order chi connectivity index (χ1) is 10.7. The van der Waals surface area contributed by atoms with Gasteiger partial charge >= 0.3 is 0 Å². The molecule has 0 aliphatic carbocycles. The molecule has 120 valence electrons. The van der Waals surface area contributed by atoms with Crippen LogP contribution in [0.4, 0.5) is 5.82 Å². The fourth-order valence-electron chi connectivity index (χ4n) is 3.32. The number of nitrogens with zero attached hydrogens (tertiary/aromatic N) is 2. The highest BCUT2D eigenvalue weighted by Crippen LogP contribution is 2.24. The van der Waals surface area contributed by atoms with E-state index < -0.39 is 0 Å². The lowest BCUT2D eigenvalue weighted by atomic mass is 10.00. The van der Waals surface area contributed by atoms with Gasteiger partial charge in [-0.05, 0) is 43.7 Å². The maximum absolute atomic E-state index is 12.5. The molecule has 2 aliphatic heterocycles. The van der Waals surface area contributed by atoms with Crippen molar-refractivity contribution in [2.45, 2.75) is 38.7 Å². The summed E-state index contributed by atoms with van der Waals surface area (Å²) in [5, 5.41) is 3.00. The summed E-state index contributed by atoms with van der Waals surface area (Å²) in [5.74, 6) is 1.43. The van der Waals surface area contributed by atoms with Gasteiger partial charge in [-0.25, -0.2) is 4.98 Å². The number of aromatic nitrogens is 1. The summed E-state index contributed by atoms with van der Waals surface area (Å²) in [6, 6.07) is 3.70. The zero-order valence-corrected chi connectivity index (χ0v) is 13.3. The predicted molar refractivity (Wildman–Crippen MR) is 86.2 cm³/mol. The van der Waals surface area contributed by atoms with Crippen LogP contribution in [0.25, 0.3) is 0 Å². The summed E-state index contributed by atoms with van der Waals surface area (Å²) < 4.78 is 5.56. The highest BCUT2D eigenvalue weighted by Gasteiger charge is 2.23. The largest absolute Gasteiger partial charge is 0.376 e. The Labute approximate surface area is 132 Å². The Morgan fingerprint density at radius 1 is 1.45 bits per heavy atom. The van der Waals surface area contributed by atoms with E-state index in [1.807, 2.05) is 12.1 Å². The van der Waals surface area contributed by atoms with Gasteiger partial charge in [0.05, 0.1) is 11.7 Å². The third kappa shape index (κ3) is 3.58. The summed E-state index contributed by atoms with van der Waals surface area (Å²) >= 11 is 0. The SMILES string of the molecule is C[C@H]1CCCN(c2ncccc2C(=O)NC[C@H]2CCCO2)C1. The molecular formula is C17H25N3O2. The molecule has 2 aliphatic rings. The van der Waals surface area contributed by atoms with Crippen LogP contribution in [-0.4, -0.2) is 43.2 Å². The van der Waals surface area contributed by atoms with E-state index in [-0.39, 0.29) is 12.0 Å². The summed E-state index contributed by atoms with van der Waals surface area (Å²) in [6.07, 6.45) is 6.47. The second kappa shape index (κ2) is 7.09. The lowest BCUT2D eigenvalue weighted by molar-refractivity contribution is 0.0858. The Kier molecular flexibility index (Phi) is 4.93. The van der Waals surface area contributed by atoms with Gasteiger partial charge in [0.25, 0.3) is 5.91 Å². The molecule has 1 N–H and O–H groups in total. The molecule has 5 heteroatoms. The Bertz CT molecular complexity index is 514. The van der Waals surface area contributed by atoms with Gasteiger partial charge in [0.15, 0.2) is 0 Å². The maximum atomic E-state index is 12.5. The average molecular weight is 303 g/mol. The van der Waals surface area contributed by atoms with Crippen molar-refractivity contribution in [3.63, 3.8) is 0 Å². The van der Waals surface area contributed by atoms with Crippen LogP contribution in [0.3, 0.4) is 0 Å². The number of pyridine rings is 1. The van der Waals surface area contributed by atoms with Crippen LogP contribution in [-0.2, 0) is 4.74 Å². The van der Waals surface area contributed by atoms with E-state index in [1.54, 1.807) is 6.20 Å². The predicted octanol–water partition coefficient (Wildman–Crippen LogP) is 2.23. The van der Waals surface area contributed by atoms with Crippen LogP contribution >= 0.6 is 0 Å². The van der Waals surface area contributed by atoms with Gasteiger partial charge in [-0.15, -0.1) is 0 Å². The van der Waals surface area contributed by atoms with E-state index in [2.05, 4.69) is 22.1 Å². The van der Waals surface area contributed by atoms with Crippen LogP contribution in [0.2, 0.25) is 0 Å². The lowest BCUT2D eigenvalue weighted by Gasteiger charge is -2.32. The topological polar surface area (TPSA) is 54.5 Å². The van der Waals surface area contributed by atoms with Crippen molar-refractivity contribution in [3.05, 3.63) is 23.9 Å². The molecule has 1 aromatic rings. The van der Waals surface area contributed by atoms with Gasteiger partial charge in [0.2, 0.25) is 0 Å². The first-order valence-corrected chi connectivity index (χ1v) is 8.34. The summed E-state index contributed by atoms with van der Waals surface area (Å²) in [6.45, 7) is 5.61. The van der Waals surface area contributed by atoms with Gasteiger partial charge in [-0.2, -0.15) is 0 Å². The van der Waals surface area contributed by atoms with Crippen molar-refractivity contribution in [3.8, 4) is 0 Å². The first-order valence-electron chi connectivity index (χ1n) is 8.34. The fourth-order valence-corrected chi connectivity index (χ4v) is 3.32. The van der Waals surface area contributed by atoms with E-state index in [9.17, 15) is 4.79 Å². The molecule has 1 amide bonds. The Hall–Kier alpha value is -1.62. The highest BCUT2D eigenvalue weighted by atomic mass is 16.5. The molecule has 2 saturated heterocycles. The molecule has 0 radical (unpaired) electrons. The van der Waals surface area contributed by atoms with Gasteiger partial charge < -0.3 is 15.0 Å². The molecule has 3 heterocycles. The first kappa shape index (κ1) is 15.3. The Morgan fingerprint density at radius 3 is 3.14 bits per heavy atom. The lowest BCUT2D eigenvalue weighted by Crippen LogP contribution is -2.38. The molecule has 0 unspecified atom stereocenters. The van der Waals surface area contributed by atoms with Crippen molar-refractivity contribution in [2.75, 3.05) is 31.1 Å². The second-order valence-corrected chi connectivity index (χ2v) is 6.41. The maximum Gasteiger partial charge on any atom is 0.255 e. The van der Waals surface area contributed by atoms with Crippen LogP contribution < -0.4 is 10.2 Å². The Morgan fingerprint density at radius 2 is 2.36 bits per heavy atom. The van der Waals surface area contributed by atoms with Crippen molar-refractivity contribution in [1.82, 2.24) is 10.3 Å². The smallest absolute Gasteiger partial charge is 0.255 e. The number of anilines is 1. The third-order valence-corrected chi connectivity index (χ3v) is 4.50. The van der Waals surface area contributed by atoms with Crippen molar-refractivity contribution >= 4 is 11.7 Å². The number of hydrogen-bond donors (Lipinski definition) is 1. The van der Waals surface area contributed by atoms with Crippen LogP contribution in [0.15, 0.2) is 18.3 Å². The summed E-state index contributed by atoms with van der Waals surface area (Å²) in [5.41, 5.74) is 0.676. The molecule has 0 saturated carbocycles. The van der Waals surface area contributed by atoms with Crippen molar-refractivity contribution in [2.24, 2.45) is 5.92 Å². The van der Waals surface area contributed by atoms with E-state index in [0.717, 1.165) is 44.8 Å². The van der Waals surface area contributed by atoms with Crippen LogP contribution in [0, 0.1) is 5.92 Å². The molecular weight excluding hydrogens is 278 g/mol. The van der Waals surface area contributed by atoms with Gasteiger partial charge in [0.1, 0.15) is 5.82 Å². The fraction of sp³-hybridized carbons (Fsp3) is 0.647. The molecule has 5 nitrogen and oxygen atoms in total. The molecule has 0 aromatic carbocycles. The van der Waals surface area contributed by atoms with Gasteiger partial charge in [-0.1, -0.05) is 6.92 Å². The average Bonchev–Trinajstić information content (AvgIpc) is 3.06. The molecule has 2 atom stereocenters. The molecule has 0 bridgehead atoms. The van der Waals surface area contributed by atoms with E-state index in [1.165, 1.54) is 6.42 Å². The van der Waals surface area contributed by atoms with Gasteiger partial charge in [-0.3, -0.25) is 4.79 Å². The number of piperidine rings is 1. The van der Waals surface area contributed by atoms with Crippen molar-refractivity contribution in [1.29, 1.82) is 0 Å². The van der Waals surface area contributed by atoms with E-state index in [0.29, 0.717) is 18.0 Å². The summed E-state index contributed by atoms with van der Waals surface area (Å²) in [7, 11) is 0. The summed E-state index contributed by atoms with van der Waals surface area (Å²) in [4.78, 5) is 19.2. The minimum atomic E-state index is -0.0446. The molecule has 1 aromatic heterocycles. The van der Waals surface area contributed by atoms with Gasteiger partial charge in [0, 0.05) is 32.4 Å².